The first-order chi connectivity index (χ1) is 11.1. The second-order valence-electron chi connectivity index (χ2n) is 4.64. The molecule has 0 aliphatic heterocycles. The van der Waals surface area contributed by atoms with E-state index in [-0.39, 0.29) is 0 Å². The van der Waals surface area contributed by atoms with E-state index in [1.165, 1.54) is 6.33 Å². The molecule has 2 rings (SSSR count). The van der Waals surface area contributed by atoms with Crippen molar-refractivity contribution >= 4 is 17.4 Å². The molecule has 0 radical (unpaired) electrons. The minimum atomic E-state index is 0.332. The summed E-state index contributed by atoms with van der Waals surface area (Å²) in [4.78, 5) is 7.86. The largest absolute Gasteiger partial charge is 0.496 e. The highest BCUT2D eigenvalue weighted by Crippen LogP contribution is 2.34. The van der Waals surface area contributed by atoms with E-state index < -0.39 is 0 Å². The maximum atomic E-state index is 6.03. The van der Waals surface area contributed by atoms with Crippen molar-refractivity contribution in [1.29, 1.82) is 0 Å². The standard InChI is InChI=1S/C15H19ClN4O3/c1-21-9-4-12(22-2)10(13(5-9)23-3)6-18-7-11-14(16)19-8-20-15(11)17/h4-5,8,18H,6-7H2,1-3H3,(H2,17,19,20). The van der Waals surface area contributed by atoms with Gasteiger partial charge in [-0.05, 0) is 0 Å². The molecular formula is C15H19ClN4O3. The third kappa shape index (κ3) is 3.94. The second kappa shape index (κ2) is 7.85. The summed E-state index contributed by atoms with van der Waals surface area (Å²) in [6, 6.07) is 3.60. The van der Waals surface area contributed by atoms with Crippen LogP contribution in [0.15, 0.2) is 18.5 Å². The SMILES string of the molecule is COc1cc(OC)c(CNCc2c(N)ncnc2Cl)c(OC)c1. The van der Waals surface area contributed by atoms with Crippen molar-refractivity contribution in [3.05, 3.63) is 34.7 Å². The smallest absolute Gasteiger partial charge is 0.139 e. The van der Waals surface area contributed by atoms with Gasteiger partial charge >= 0.3 is 0 Å². The normalized spacial score (nSPS) is 10.4. The number of hydrogen-bond acceptors (Lipinski definition) is 7. The van der Waals surface area contributed by atoms with Gasteiger partial charge in [0.1, 0.15) is 34.5 Å². The highest BCUT2D eigenvalue weighted by atomic mass is 35.5. The van der Waals surface area contributed by atoms with Gasteiger partial charge in [-0.25, -0.2) is 9.97 Å². The molecule has 0 saturated heterocycles. The van der Waals surface area contributed by atoms with E-state index >= 15 is 0 Å². The highest BCUT2D eigenvalue weighted by Gasteiger charge is 2.14. The summed E-state index contributed by atoms with van der Waals surface area (Å²) in [7, 11) is 4.78. The molecule has 3 N–H and O–H groups in total. The zero-order chi connectivity index (χ0) is 16.8. The van der Waals surface area contributed by atoms with Gasteiger partial charge in [0.15, 0.2) is 0 Å². The average Bonchev–Trinajstić information content (AvgIpc) is 2.57. The van der Waals surface area contributed by atoms with Crippen LogP contribution in [0.1, 0.15) is 11.1 Å². The lowest BCUT2D eigenvalue weighted by Crippen LogP contribution is -2.16. The molecule has 0 atom stereocenters. The highest BCUT2D eigenvalue weighted by molar-refractivity contribution is 6.30. The molecule has 1 aromatic carbocycles. The van der Waals surface area contributed by atoms with Crippen LogP contribution in [0.5, 0.6) is 17.2 Å². The molecule has 0 aliphatic rings. The van der Waals surface area contributed by atoms with Gasteiger partial charge in [-0.2, -0.15) is 0 Å². The van der Waals surface area contributed by atoms with Crippen LogP contribution in [0.4, 0.5) is 5.82 Å². The van der Waals surface area contributed by atoms with E-state index in [0.717, 1.165) is 5.56 Å². The number of nitrogens with zero attached hydrogens (tertiary/aromatic N) is 2. The molecule has 1 aromatic heterocycles. The quantitative estimate of drug-likeness (QED) is 0.746. The Morgan fingerprint density at radius 1 is 1.00 bits per heavy atom. The molecule has 0 fully saturated rings. The van der Waals surface area contributed by atoms with Gasteiger partial charge in [0.2, 0.25) is 0 Å². The van der Waals surface area contributed by atoms with Gasteiger partial charge in [-0.3, -0.25) is 0 Å². The van der Waals surface area contributed by atoms with Crippen molar-refractivity contribution in [2.24, 2.45) is 0 Å². The lowest BCUT2D eigenvalue weighted by atomic mass is 10.1. The number of halogens is 1. The Morgan fingerprint density at radius 3 is 2.13 bits per heavy atom. The van der Waals surface area contributed by atoms with E-state index in [2.05, 4.69) is 15.3 Å². The minimum Gasteiger partial charge on any atom is -0.496 e. The summed E-state index contributed by atoms with van der Waals surface area (Å²) < 4.78 is 16.0. The maximum absolute atomic E-state index is 6.03. The van der Waals surface area contributed by atoms with Crippen molar-refractivity contribution < 1.29 is 14.2 Å². The number of aromatic nitrogens is 2. The van der Waals surface area contributed by atoms with Crippen LogP contribution in [0, 0.1) is 0 Å². The molecule has 0 unspecified atom stereocenters. The summed E-state index contributed by atoms with van der Waals surface area (Å²) in [5.41, 5.74) is 7.33. The number of nitrogen functional groups attached to an aromatic ring is 1. The van der Waals surface area contributed by atoms with Crippen molar-refractivity contribution in [2.75, 3.05) is 27.1 Å². The van der Waals surface area contributed by atoms with Gasteiger partial charge in [0.25, 0.3) is 0 Å². The summed E-state index contributed by atoms with van der Waals surface area (Å²) in [5.74, 6) is 2.34. The molecule has 23 heavy (non-hydrogen) atoms. The number of rotatable bonds is 7. The lowest BCUT2D eigenvalue weighted by Gasteiger charge is -2.16. The zero-order valence-electron chi connectivity index (χ0n) is 13.2. The van der Waals surface area contributed by atoms with E-state index in [0.29, 0.717) is 46.9 Å². The summed E-state index contributed by atoms with van der Waals surface area (Å²) in [6.07, 6.45) is 1.33. The Kier molecular flexibility index (Phi) is 5.84. The minimum absolute atomic E-state index is 0.332. The van der Waals surface area contributed by atoms with E-state index in [4.69, 9.17) is 31.5 Å². The first-order valence-electron chi connectivity index (χ1n) is 6.85. The van der Waals surface area contributed by atoms with Gasteiger partial charge in [-0.15, -0.1) is 0 Å². The zero-order valence-corrected chi connectivity index (χ0v) is 14.0. The number of anilines is 1. The lowest BCUT2D eigenvalue weighted by molar-refractivity contribution is 0.366. The fourth-order valence-electron chi connectivity index (χ4n) is 2.13. The van der Waals surface area contributed by atoms with E-state index in [1.807, 2.05) is 0 Å². The fourth-order valence-corrected chi connectivity index (χ4v) is 2.34. The van der Waals surface area contributed by atoms with Crippen LogP contribution in [-0.4, -0.2) is 31.3 Å². The van der Waals surface area contributed by atoms with Crippen molar-refractivity contribution in [3.63, 3.8) is 0 Å². The van der Waals surface area contributed by atoms with Gasteiger partial charge in [0.05, 0.1) is 26.9 Å². The van der Waals surface area contributed by atoms with Crippen molar-refractivity contribution in [1.82, 2.24) is 15.3 Å². The van der Waals surface area contributed by atoms with Crippen LogP contribution in [0.2, 0.25) is 5.15 Å². The first kappa shape index (κ1) is 17.1. The molecule has 7 nitrogen and oxygen atoms in total. The molecule has 0 aliphatic carbocycles. The molecular weight excluding hydrogens is 320 g/mol. The van der Waals surface area contributed by atoms with Crippen LogP contribution in [0.3, 0.4) is 0 Å². The Balaban J connectivity index is 2.17. The number of hydrogen-bond donors (Lipinski definition) is 2. The van der Waals surface area contributed by atoms with Crippen LogP contribution < -0.4 is 25.3 Å². The van der Waals surface area contributed by atoms with Gasteiger partial charge in [-0.1, -0.05) is 11.6 Å². The molecule has 2 aromatic rings. The predicted molar refractivity (Wildman–Crippen MR) is 88.1 cm³/mol. The Bertz CT molecular complexity index is 637. The predicted octanol–water partition coefficient (Wildman–Crippen LogP) is 2.03. The Hall–Kier alpha value is -2.25. The van der Waals surface area contributed by atoms with E-state index in [1.54, 1.807) is 33.5 Å². The summed E-state index contributed by atoms with van der Waals surface area (Å²) in [6.45, 7) is 0.908. The summed E-state index contributed by atoms with van der Waals surface area (Å²) >= 11 is 6.03. The Labute approximate surface area is 139 Å². The fraction of sp³-hybridized carbons (Fsp3) is 0.333. The number of ether oxygens (including phenoxy) is 3. The third-order valence-corrected chi connectivity index (χ3v) is 3.67. The van der Waals surface area contributed by atoms with Crippen molar-refractivity contribution in [3.8, 4) is 17.2 Å². The molecule has 8 heteroatoms. The Morgan fingerprint density at radius 2 is 1.61 bits per heavy atom. The number of nitrogens with two attached hydrogens (primary N) is 1. The van der Waals surface area contributed by atoms with Crippen molar-refractivity contribution in [2.45, 2.75) is 13.1 Å². The topological polar surface area (TPSA) is 91.5 Å². The first-order valence-corrected chi connectivity index (χ1v) is 7.23. The second-order valence-corrected chi connectivity index (χ2v) is 5.00. The van der Waals surface area contributed by atoms with Gasteiger partial charge < -0.3 is 25.3 Å². The monoisotopic (exact) mass is 338 g/mol. The number of methoxy groups -OCH3 is 3. The molecule has 0 amide bonds. The molecule has 124 valence electrons. The number of nitrogens with one attached hydrogen (secondary N) is 1. The van der Waals surface area contributed by atoms with Crippen LogP contribution in [-0.2, 0) is 13.1 Å². The average molecular weight is 339 g/mol. The third-order valence-electron chi connectivity index (χ3n) is 3.35. The molecule has 0 bridgehead atoms. The molecule has 0 spiro atoms. The van der Waals surface area contributed by atoms with E-state index in [9.17, 15) is 0 Å². The van der Waals surface area contributed by atoms with Gasteiger partial charge in [0, 0.05) is 30.8 Å². The van der Waals surface area contributed by atoms with Crippen LogP contribution >= 0.6 is 11.6 Å². The maximum Gasteiger partial charge on any atom is 0.139 e. The molecule has 0 saturated carbocycles. The molecule has 1 heterocycles. The van der Waals surface area contributed by atoms with Crippen LogP contribution in [0.25, 0.3) is 0 Å². The summed E-state index contributed by atoms with van der Waals surface area (Å²) in [5, 5.41) is 3.57. The number of benzene rings is 1.